The molecule has 0 radical (unpaired) electrons. The van der Waals surface area contributed by atoms with Crippen LogP contribution in [0.1, 0.15) is 17.3 Å². The van der Waals surface area contributed by atoms with Crippen molar-refractivity contribution in [1.29, 1.82) is 0 Å². The lowest BCUT2D eigenvalue weighted by atomic mass is 10.2. The second-order valence-electron chi connectivity index (χ2n) is 4.77. The molecule has 1 unspecified atom stereocenters. The van der Waals surface area contributed by atoms with Crippen LogP contribution in [0.5, 0.6) is 5.75 Å². The smallest absolute Gasteiger partial charge is 0.338 e. The van der Waals surface area contributed by atoms with E-state index >= 15 is 0 Å². The van der Waals surface area contributed by atoms with Gasteiger partial charge in [-0.25, -0.2) is 4.79 Å². The molecule has 23 heavy (non-hydrogen) atoms. The van der Waals surface area contributed by atoms with Gasteiger partial charge in [-0.1, -0.05) is 11.6 Å². The van der Waals surface area contributed by atoms with Gasteiger partial charge in [-0.2, -0.15) is 0 Å². The lowest BCUT2D eigenvalue weighted by Crippen LogP contribution is -2.29. The number of hydrogen-bond acceptors (Lipinski definition) is 4. The molecule has 120 valence electrons. The number of carbonyl (C=O) groups is 2. The van der Waals surface area contributed by atoms with E-state index in [1.54, 1.807) is 48.5 Å². The maximum atomic E-state index is 12.0. The van der Waals surface area contributed by atoms with E-state index in [4.69, 9.17) is 21.1 Å². The van der Waals surface area contributed by atoms with Crippen molar-refractivity contribution in [3.63, 3.8) is 0 Å². The van der Waals surface area contributed by atoms with Gasteiger partial charge in [-0.15, -0.1) is 0 Å². The van der Waals surface area contributed by atoms with Gasteiger partial charge in [-0.05, 0) is 55.5 Å². The fourth-order valence-electron chi connectivity index (χ4n) is 1.79. The molecule has 0 saturated carbocycles. The van der Waals surface area contributed by atoms with Crippen LogP contribution < -0.4 is 10.1 Å². The number of halogens is 1. The van der Waals surface area contributed by atoms with Crippen molar-refractivity contribution in [2.45, 2.75) is 13.0 Å². The summed E-state index contributed by atoms with van der Waals surface area (Å²) in [4.78, 5) is 24.0. The molecule has 0 saturated heterocycles. The van der Waals surface area contributed by atoms with Crippen LogP contribution in [0.3, 0.4) is 0 Å². The Morgan fingerprint density at radius 2 is 1.65 bits per heavy atom. The number of amides is 1. The largest absolute Gasteiger partial charge is 0.497 e. The van der Waals surface area contributed by atoms with E-state index in [-0.39, 0.29) is 0 Å². The molecule has 0 aromatic heterocycles. The number of benzene rings is 2. The van der Waals surface area contributed by atoms with Gasteiger partial charge >= 0.3 is 5.97 Å². The molecule has 2 aromatic rings. The minimum absolute atomic E-state index is 0.344. The van der Waals surface area contributed by atoms with Crippen LogP contribution in [0, 0.1) is 0 Å². The van der Waals surface area contributed by atoms with E-state index in [2.05, 4.69) is 5.32 Å². The molecule has 1 amide bonds. The Labute approximate surface area is 139 Å². The number of esters is 1. The Morgan fingerprint density at radius 1 is 1.04 bits per heavy atom. The molecule has 1 N–H and O–H groups in total. The number of hydrogen-bond donors (Lipinski definition) is 1. The summed E-state index contributed by atoms with van der Waals surface area (Å²) in [5, 5.41) is 3.22. The topological polar surface area (TPSA) is 64.6 Å². The first-order valence-corrected chi connectivity index (χ1v) is 7.29. The normalized spacial score (nSPS) is 11.4. The maximum Gasteiger partial charge on any atom is 0.338 e. The van der Waals surface area contributed by atoms with Crippen LogP contribution in [0.25, 0.3) is 0 Å². The number of anilines is 1. The Hall–Kier alpha value is -2.53. The molecule has 2 aromatic carbocycles. The predicted octanol–water partition coefficient (Wildman–Crippen LogP) is 3.53. The standard InChI is InChI=1S/C17H16ClNO4/c1-11(16(20)19-14-7-5-13(18)6-8-14)23-17(21)12-3-9-15(22-2)10-4-12/h3-11H,1-2H3,(H,19,20). The molecule has 0 spiro atoms. The number of nitrogens with one attached hydrogen (secondary N) is 1. The van der Waals surface area contributed by atoms with Gasteiger partial charge in [0.05, 0.1) is 12.7 Å². The van der Waals surface area contributed by atoms with E-state index in [1.165, 1.54) is 14.0 Å². The number of rotatable bonds is 5. The highest BCUT2D eigenvalue weighted by atomic mass is 35.5. The zero-order valence-electron chi connectivity index (χ0n) is 12.7. The van der Waals surface area contributed by atoms with Crippen LogP contribution in [0.2, 0.25) is 5.02 Å². The summed E-state index contributed by atoms with van der Waals surface area (Å²) < 4.78 is 10.2. The molecule has 0 bridgehead atoms. The number of carbonyl (C=O) groups excluding carboxylic acids is 2. The average Bonchev–Trinajstić information content (AvgIpc) is 2.56. The molecular formula is C17H16ClNO4. The van der Waals surface area contributed by atoms with Gasteiger partial charge in [0.25, 0.3) is 5.91 Å². The Morgan fingerprint density at radius 3 is 2.22 bits per heavy atom. The molecule has 0 fully saturated rings. The quantitative estimate of drug-likeness (QED) is 0.850. The van der Waals surface area contributed by atoms with Crippen LogP contribution in [-0.2, 0) is 9.53 Å². The van der Waals surface area contributed by atoms with Crippen molar-refractivity contribution in [3.05, 3.63) is 59.1 Å². The molecule has 6 heteroatoms. The monoisotopic (exact) mass is 333 g/mol. The molecular weight excluding hydrogens is 318 g/mol. The third-order valence-corrected chi connectivity index (χ3v) is 3.34. The van der Waals surface area contributed by atoms with E-state index in [1.807, 2.05) is 0 Å². The fourth-order valence-corrected chi connectivity index (χ4v) is 1.91. The van der Waals surface area contributed by atoms with Crippen molar-refractivity contribution in [2.24, 2.45) is 0 Å². The van der Waals surface area contributed by atoms with E-state index in [9.17, 15) is 9.59 Å². The SMILES string of the molecule is COc1ccc(C(=O)OC(C)C(=O)Nc2ccc(Cl)cc2)cc1. The highest BCUT2D eigenvalue weighted by Crippen LogP contribution is 2.15. The number of ether oxygens (including phenoxy) is 2. The molecule has 1 atom stereocenters. The molecule has 0 aliphatic carbocycles. The lowest BCUT2D eigenvalue weighted by molar-refractivity contribution is -0.123. The van der Waals surface area contributed by atoms with Crippen molar-refractivity contribution in [1.82, 2.24) is 0 Å². The summed E-state index contributed by atoms with van der Waals surface area (Å²) in [6, 6.07) is 13.1. The molecule has 0 aliphatic heterocycles. The van der Waals surface area contributed by atoms with E-state index in [0.717, 1.165) is 0 Å². The molecule has 5 nitrogen and oxygen atoms in total. The Kier molecular flexibility index (Phi) is 5.60. The molecule has 0 aliphatic rings. The Balaban J connectivity index is 1.94. The van der Waals surface area contributed by atoms with Crippen molar-refractivity contribution >= 4 is 29.2 Å². The second-order valence-corrected chi connectivity index (χ2v) is 5.21. The van der Waals surface area contributed by atoms with Crippen LogP contribution in [0.15, 0.2) is 48.5 Å². The van der Waals surface area contributed by atoms with Gasteiger partial charge in [0.1, 0.15) is 5.75 Å². The summed E-state index contributed by atoms with van der Waals surface area (Å²) in [5.41, 5.74) is 0.920. The van der Waals surface area contributed by atoms with Gasteiger partial charge in [0, 0.05) is 10.7 Å². The first-order chi connectivity index (χ1) is 11.0. The van der Waals surface area contributed by atoms with Crippen molar-refractivity contribution in [3.8, 4) is 5.75 Å². The van der Waals surface area contributed by atoms with Crippen LogP contribution in [0.4, 0.5) is 5.69 Å². The molecule has 2 rings (SSSR count). The van der Waals surface area contributed by atoms with E-state index < -0.39 is 18.0 Å². The maximum absolute atomic E-state index is 12.0. The minimum Gasteiger partial charge on any atom is -0.497 e. The highest BCUT2D eigenvalue weighted by molar-refractivity contribution is 6.30. The summed E-state index contributed by atoms with van der Waals surface area (Å²) in [6.07, 6.45) is -0.930. The Bertz CT molecular complexity index is 683. The highest BCUT2D eigenvalue weighted by Gasteiger charge is 2.19. The van der Waals surface area contributed by atoms with E-state index in [0.29, 0.717) is 22.0 Å². The van der Waals surface area contributed by atoms with Gasteiger partial charge < -0.3 is 14.8 Å². The van der Waals surface area contributed by atoms with Crippen LogP contribution >= 0.6 is 11.6 Å². The first kappa shape index (κ1) is 16.8. The van der Waals surface area contributed by atoms with Gasteiger partial charge in [0.2, 0.25) is 0 Å². The second kappa shape index (κ2) is 7.65. The zero-order chi connectivity index (χ0) is 16.8. The minimum atomic E-state index is -0.930. The third kappa shape index (κ3) is 4.72. The number of methoxy groups -OCH3 is 1. The predicted molar refractivity (Wildman–Crippen MR) is 88.0 cm³/mol. The van der Waals surface area contributed by atoms with Crippen molar-refractivity contribution in [2.75, 3.05) is 12.4 Å². The zero-order valence-corrected chi connectivity index (χ0v) is 13.5. The van der Waals surface area contributed by atoms with Gasteiger partial charge in [-0.3, -0.25) is 4.79 Å². The summed E-state index contributed by atoms with van der Waals surface area (Å²) in [5.74, 6) is -0.365. The third-order valence-electron chi connectivity index (χ3n) is 3.09. The van der Waals surface area contributed by atoms with Gasteiger partial charge in [0.15, 0.2) is 6.10 Å². The average molecular weight is 334 g/mol. The molecule has 0 heterocycles. The summed E-state index contributed by atoms with van der Waals surface area (Å²) >= 11 is 5.78. The fraction of sp³-hybridized carbons (Fsp3) is 0.176. The van der Waals surface area contributed by atoms with Crippen LogP contribution in [-0.4, -0.2) is 25.1 Å². The lowest BCUT2D eigenvalue weighted by Gasteiger charge is -2.13. The van der Waals surface area contributed by atoms with Crippen molar-refractivity contribution < 1.29 is 19.1 Å². The summed E-state index contributed by atoms with van der Waals surface area (Å²) in [7, 11) is 1.54. The summed E-state index contributed by atoms with van der Waals surface area (Å²) in [6.45, 7) is 1.51. The first-order valence-electron chi connectivity index (χ1n) is 6.91.